The predicted octanol–water partition coefficient (Wildman–Crippen LogP) is 8.23. The summed E-state index contributed by atoms with van der Waals surface area (Å²) in [6.45, 7) is 6.14. The summed E-state index contributed by atoms with van der Waals surface area (Å²) in [6, 6.07) is 41.3. The topological polar surface area (TPSA) is 160 Å². The zero-order chi connectivity index (χ0) is 60.7. The molecule has 4 aliphatic rings. The summed E-state index contributed by atoms with van der Waals surface area (Å²) in [4.78, 5) is 47.0. The normalized spacial score (nSPS) is 24.0. The first-order chi connectivity index (χ1) is 40.5. The SMILES string of the molecule is COc1cccc(S(=O)(=O)N2C[C@H](Cc3ccccc3)[C@@H]([N+]3(c4cc(C)ccc4C)CCN(C(=O)C4(OC(=O)C(F)(F)F)CN(C=O)CC[N@+]4(c4cc(C)ccc4C)[C@H]4CN(S(=O)(=O)c5cccc(OC)c5)C[C@@H]4Cc4ccccc4)CC3)C2)c1. The zero-order valence-electron chi connectivity index (χ0n) is 48.7. The van der Waals surface area contributed by atoms with Gasteiger partial charge in [0.2, 0.25) is 26.5 Å². The highest BCUT2D eigenvalue weighted by Gasteiger charge is 2.73. The van der Waals surface area contributed by atoms with Crippen molar-refractivity contribution in [1.29, 1.82) is 0 Å². The van der Waals surface area contributed by atoms with Crippen molar-refractivity contribution < 1.29 is 58.6 Å². The quantitative estimate of drug-likeness (QED) is 0.0495. The third kappa shape index (κ3) is 11.5. The summed E-state index contributed by atoms with van der Waals surface area (Å²) >= 11 is 0. The fourth-order valence-electron chi connectivity index (χ4n) is 14.1. The zero-order valence-corrected chi connectivity index (χ0v) is 50.3. The molecule has 4 fully saturated rings. The molecule has 4 saturated heterocycles. The molecular formula is C64H73F3N6O10S2+2. The number of sulfonamides is 2. The van der Waals surface area contributed by atoms with Crippen LogP contribution in [0.4, 0.5) is 24.5 Å². The molecule has 6 atom stereocenters. The molecule has 4 aliphatic heterocycles. The molecule has 450 valence electrons. The molecule has 2 amide bonds. The maximum absolute atomic E-state index is 16.9. The first-order valence-electron chi connectivity index (χ1n) is 28.5. The Hall–Kier alpha value is -7.14. The Morgan fingerprint density at radius 1 is 0.600 bits per heavy atom. The molecule has 21 heteroatoms. The van der Waals surface area contributed by atoms with Crippen LogP contribution in [0.15, 0.2) is 155 Å². The van der Waals surface area contributed by atoms with Gasteiger partial charge in [-0.2, -0.15) is 21.8 Å². The maximum atomic E-state index is 16.9. The van der Waals surface area contributed by atoms with Crippen LogP contribution in [-0.4, -0.2) is 164 Å². The summed E-state index contributed by atoms with van der Waals surface area (Å²) < 4.78 is 126. The molecule has 6 aromatic carbocycles. The third-order valence-electron chi connectivity index (χ3n) is 18.2. The second-order valence-electron chi connectivity index (χ2n) is 23.2. The van der Waals surface area contributed by atoms with Gasteiger partial charge in [0.25, 0.3) is 0 Å². The third-order valence-corrected chi connectivity index (χ3v) is 21.9. The number of aryl methyl sites for hydroxylation is 4. The number of hydrogen-bond acceptors (Lipinski definition) is 10. The van der Waals surface area contributed by atoms with Gasteiger partial charge in [-0.3, -0.25) is 14.1 Å². The van der Waals surface area contributed by atoms with Crippen molar-refractivity contribution in [2.75, 3.05) is 86.2 Å². The Balaban J connectivity index is 1.14. The summed E-state index contributed by atoms with van der Waals surface area (Å²) in [5.41, 5.74) is 3.15. The number of hydrogen-bond donors (Lipinski definition) is 0. The number of methoxy groups -OCH3 is 2. The lowest BCUT2D eigenvalue weighted by atomic mass is 9.85. The van der Waals surface area contributed by atoms with Gasteiger partial charge in [-0.1, -0.05) is 97.1 Å². The van der Waals surface area contributed by atoms with Crippen LogP contribution in [0.1, 0.15) is 33.4 Å². The molecule has 0 aromatic heterocycles. The van der Waals surface area contributed by atoms with Crippen LogP contribution in [0.5, 0.6) is 11.5 Å². The van der Waals surface area contributed by atoms with Crippen molar-refractivity contribution in [3.63, 3.8) is 0 Å². The smallest absolute Gasteiger partial charge is 0.491 e. The predicted molar refractivity (Wildman–Crippen MR) is 317 cm³/mol. The molecule has 0 aliphatic carbocycles. The lowest BCUT2D eigenvalue weighted by Gasteiger charge is -2.59. The van der Waals surface area contributed by atoms with Crippen LogP contribution in [0.3, 0.4) is 0 Å². The molecule has 6 aromatic rings. The van der Waals surface area contributed by atoms with E-state index in [2.05, 4.69) is 6.07 Å². The minimum Gasteiger partial charge on any atom is -0.497 e. The van der Waals surface area contributed by atoms with Crippen LogP contribution in [-0.2, 0) is 52.0 Å². The molecule has 0 radical (unpaired) electrons. The van der Waals surface area contributed by atoms with Gasteiger partial charge in [-0.05, 0) is 87.1 Å². The van der Waals surface area contributed by atoms with E-state index in [0.717, 1.165) is 27.9 Å². The lowest BCUT2D eigenvalue weighted by Crippen LogP contribution is -2.85. The summed E-state index contributed by atoms with van der Waals surface area (Å²) in [5.74, 6) is -4.01. The Kier molecular flexibility index (Phi) is 17.2. The maximum Gasteiger partial charge on any atom is 0.491 e. The highest BCUT2D eigenvalue weighted by Crippen LogP contribution is 2.50. The second-order valence-corrected chi connectivity index (χ2v) is 27.1. The molecule has 0 N–H and O–H groups in total. The van der Waals surface area contributed by atoms with Gasteiger partial charge in [-0.25, -0.2) is 26.1 Å². The first kappa shape index (κ1) is 61.0. The number of ether oxygens (including phenoxy) is 3. The number of amides is 2. The Morgan fingerprint density at radius 2 is 1.08 bits per heavy atom. The Labute approximate surface area is 496 Å². The molecule has 16 nitrogen and oxygen atoms in total. The van der Waals surface area contributed by atoms with Crippen molar-refractivity contribution in [3.8, 4) is 11.5 Å². The summed E-state index contributed by atoms with van der Waals surface area (Å²) in [7, 11) is -5.65. The minimum absolute atomic E-state index is 0.0648. The van der Waals surface area contributed by atoms with Crippen LogP contribution >= 0.6 is 0 Å². The fraction of sp³-hybridized carbons (Fsp3) is 0.391. The van der Waals surface area contributed by atoms with E-state index < -0.39 is 72.9 Å². The van der Waals surface area contributed by atoms with Gasteiger partial charge >= 0.3 is 23.8 Å². The number of rotatable bonds is 17. The van der Waals surface area contributed by atoms with E-state index in [1.807, 2.05) is 92.7 Å². The molecule has 4 heterocycles. The molecular weight excluding hydrogens is 1130 g/mol. The Bertz CT molecular complexity index is 3680. The van der Waals surface area contributed by atoms with Gasteiger partial charge in [0.05, 0.1) is 56.7 Å². The van der Waals surface area contributed by atoms with E-state index in [0.29, 0.717) is 35.4 Å². The number of quaternary nitrogens is 2. The molecule has 1 unspecified atom stereocenters. The van der Waals surface area contributed by atoms with Crippen LogP contribution in [0, 0.1) is 39.5 Å². The van der Waals surface area contributed by atoms with Crippen molar-refractivity contribution in [2.24, 2.45) is 11.8 Å². The van der Waals surface area contributed by atoms with Gasteiger partial charge in [-0.15, -0.1) is 0 Å². The van der Waals surface area contributed by atoms with Gasteiger partial charge in [0.1, 0.15) is 61.1 Å². The van der Waals surface area contributed by atoms with Crippen molar-refractivity contribution in [3.05, 3.63) is 179 Å². The van der Waals surface area contributed by atoms with Crippen LogP contribution in [0.2, 0.25) is 0 Å². The molecule has 0 saturated carbocycles. The number of benzene rings is 6. The van der Waals surface area contributed by atoms with Crippen molar-refractivity contribution in [1.82, 2.24) is 27.4 Å². The van der Waals surface area contributed by atoms with E-state index in [1.54, 1.807) is 56.3 Å². The van der Waals surface area contributed by atoms with Gasteiger partial charge in [0.15, 0.2) is 0 Å². The lowest BCUT2D eigenvalue weighted by molar-refractivity contribution is -0.243. The van der Waals surface area contributed by atoms with Crippen molar-refractivity contribution in [2.45, 2.75) is 74.3 Å². The fourth-order valence-corrected chi connectivity index (χ4v) is 17.2. The Morgan fingerprint density at radius 3 is 1.58 bits per heavy atom. The van der Waals surface area contributed by atoms with E-state index in [1.165, 1.54) is 50.8 Å². The number of halogens is 3. The number of carbonyl (C=O) groups excluding carboxylic acids is 3. The number of alkyl halides is 3. The van der Waals surface area contributed by atoms with E-state index in [4.69, 9.17) is 14.2 Å². The standard InChI is InChI=1S/C64H73F3N6O10S2/c1-45-23-25-47(3)57(33-45)72(59-41-70(39-51(59)35-49-15-9-7-10-16-49)84(77,78)55-21-13-19-53(37-55)81-5)30-28-69(29-31-72)61(75)63(83-62(76)64(65,66)67)43-68(44-74)27-32-73(63,58-34-46(2)24-26-48(58)4)60-42-71(40-52(60)36-50-17-11-8-12-18-50)85(79,80)56-22-14-20-54(38-56)82-6/h7-26,33-34,37-38,44,51-52,59-60H,27-32,35-36,39-43H2,1-6H3/q+2/t51-,52-,59-,60-,63?,73-/m0/s1. The van der Waals surface area contributed by atoms with Crippen molar-refractivity contribution >= 4 is 49.7 Å². The summed E-state index contributed by atoms with van der Waals surface area (Å²) in [6.07, 6.45) is -4.51. The molecule has 85 heavy (non-hydrogen) atoms. The highest BCUT2D eigenvalue weighted by molar-refractivity contribution is 7.89. The highest BCUT2D eigenvalue weighted by atomic mass is 32.2. The number of carbonyl (C=O) groups is 3. The van der Waals surface area contributed by atoms with Gasteiger partial charge in [0, 0.05) is 60.3 Å². The molecule has 10 rings (SSSR count). The van der Waals surface area contributed by atoms with E-state index >= 15 is 26.4 Å². The number of piperazine rings is 2. The van der Waals surface area contributed by atoms with E-state index in [-0.39, 0.29) is 97.8 Å². The monoisotopic (exact) mass is 1210 g/mol. The first-order valence-corrected chi connectivity index (χ1v) is 31.4. The largest absolute Gasteiger partial charge is 0.497 e. The number of esters is 1. The average molecular weight is 1210 g/mol. The molecule has 0 bridgehead atoms. The second kappa shape index (κ2) is 24.0. The van der Waals surface area contributed by atoms with Gasteiger partial charge < -0.3 is 24.0 Å². The minimum atomic E-state index is -5.64. The average Bonchev–Trinajstić information content (AvgIpc) is 1.78. The van der Waals surface area contributed by atoms with Crippen LogP contribution < -0.4 is 18.4 Å². The van der Waals surface area contributed by atoms with Crippen LogP contribution in [0.25, 0.3) is 0 Å². The van der Waals surface area contributed by atoms with E-state index in [9.17, 15) is 18.0 Å². The summed E-state index contributed by atoms with van der Waals surface area (Å²) in [5, 5.41) is 0. The number of nitrogens with zero attached hydrogens (tertiary/aromatic N) is 6. The molecule has 0 spiro atoms.